The number of aryl methyl sites for hydroxylation is 3. The highest BCUT2D eigenvalue weighted by molar-refractivity contribution is 5.98. The van der Waals surface area contributed by atoms with Crippen LogP contribution in [0.5, 0.6) is 5.75 Å². The molecule has 0 aliphatic rings. The Morgan fingerprint density at radius 2 is 1.80 bits per heavy atom. The molecule has 0 spiro atoms. The van der Waals surface area contributed by atoms with E-state index in [1.807, 2.05) is 39.2 Å². The maximum Gasteiger partial charge on any atom is 0.129 e. The van der Waals surface area contributed by atoms with Gasteiger partial charge in [0.05, 0.1) is 12.5 Å². The minimum atomic E-state index is 0.823. The highest BCUT2D eigenvalue weighted by atomic mass is 16.5. The summed E-state index contributed by atoms with van der Waals surface area (Å²) in [7, 11) is 3.58. The summed E-state index contributed by atoms with van der Waals surface area (Å²) in [5.41, 5.74) is 4.90. The van der Waals surface area contributed by atoms with E-state index in [-0.39, 0.29) is 0 Å². The molecular formula is C15H16N4O. The van der Waals surface area contributed by atoms with Gasteiger partial charge in [-0.2, -0.15) is 5.10 Å². The molecule has 5 nitrogen and oxygen atoms in total. The van der Waals surface area contributed by atoms with Crippen LogP contribution in [-0.2, 0) is 7.05 Å². The number of aromatic nitrogens is 4. The zero-order chi connectivity index (χ0) is 14.3. The molecule has 0 saturated heterocycles. The Hall–Kier alpha value is -2.43. The molecule has 0 amide bonds. The Morgan fingerprint density at radius 1 is 1.10 bits per heavy atom. The van der Waals surface area contributed by atoms with E-state index < -0.39 is 0 Å². The fourth-order valence-electron chi connectivity index (χ4n) is 2.56. The summed E-state index contributed by atoms with van der Waals surface area (Å²) in [5, 5.41) is 5.56. The third kappa shape index (κ3) is 1.82. The van der Waals surface area contributed by atoms with Crippen LogP contribution in [0.4, 0.5) is 0 Å². The van der Waals surface area contributed by atoms with Crippen molar-refractivity contribution in [1.82, 2.24) is 19.7 Å². The lowest BCUT2D eigenvalue weighted by atomic mass is 10.00. The van der Waals surface area contributed by atoms with Crippen LogP contribution in [0.15, 0.2) is 24.7 Å². The number of hydrogen-bond donors (Lipinski definition) is 0. The van der Waals surface area contributed by atoms with Crippen molar-refractivity contribution in [2.24, 2.45) is 7.05 Å². The van der Waals surface area contributed by atoms with Crippen LogP contribution < -0.4 is 4.74 Å². The predicted octanol–water partition coefficient (Wildman–Crippen LogP) is 2.66. The van der Waals surface area contributed by atoms with Crippen molar-refractivity contribution >= 4 is 10.9 Å². The van der Waals surface area contributed by atoms with Gasteiger partial charge in [-0.3, -0.25) is 4.68 Å². The monoisotopic (exact) mass is 268 g/mol. The normalized spacial score (nSPS) is 11.0. The van der Waals surface area contributed by atoms with Crippen molar-refractivity contribution in [3.05, 3.63) is 36.0 Å². The fraction of sp³-hybridized carbons (Fsp3) is 0.267. The van der Waals surface area contributed by atoms with Gasteiger partial charge in [-0.25, -0.2) is 9.97 Å². The number of hydrogen-bond acceptors (Lipinski definition) is 4. The van der Waals surface area contributed by atoms with Crippen LogP contribution in [0, 0.1) is 13.8 Å². The molecule has 0 saturated carbocycles. The van der Waals surface area contributed by atoms with E-state index in [0.717, 1.165) is 39.2 Å². The molecule has 102 valence electrons. The molecule has 0 fully saturated rings. The Bertz CT molecular complexity index is 772. The molecule has 1 aromatic carbocycles. The largest absolute Gasteiger partial charge is 0.496 e. The van der Waals surface area contributed by atoms with Crippen LogP contribution in [-0.4, -0.2) is 26.9 Å². The topological polar surface area (TPSA) is 52.8 Å². The van der Waals surface area contributed by atoms with Crippen molar-refractivity contribution in [2.75, 3.05) is 7.11 Å². The molecule has 5 heteroatoms. The first-order valence-corrected chi connectivity index (χ1v) is 6.40. The summed E-state index contributed by atoms with van der Waals surface area (Å²) in [4.78, 5) is 8.59. The molecule has 2 aromatic heterocycles. The van der Waals surface area contributed by atoms with Crippen LogP contribution in [0.25, 0.3) is 22.0 Å². The number of methoxy groups -OCH3 is 1. The molecule has 0 unspecified atom stereocenters. The summed E-state index contributed by atoms with van der Waals surface area (Å²) in [5.74, 6) is 0.823. The first-order valence-electron chi connectivity index (χ1n) is 6.40. The summed E-state index contributed by atoms with van der Waals surface area (Å²) < 4.78 is 7.20. The van der Waals surface area contributed by atoms with Crippen LogP contribution >= 0.6 is 0 Å². The smallest absolute Gasteiger partial charge is 0.129 e. The van der Waals surface area contributed by atoms with E-state index in [0.29, 0.717) is 0 Å². The second kappa shape index (κ2) is 4.59. The minimum Gasteiger partial charge on any atom is -0.496 e. The van der Waals surface area contributed by atoms with Crippen LogP contribution in [0.1, 0.15) is 11.4 Å². The quantitative estimate of drug-likeness (QED) is 0.717. The van der Waals surface area contributed by atoms with Crippen molar-refractivity contribution in [1.29, 1.82) is 0 Å². The molecule has 0 aliphatic heterocycles. The van der Waals surface area contributed by atoms with Crippen LogP contribution in [0.2, 0.25) is 0 Å². The maximum absolute atomic E-state index is 5.41. The van der Waals surface area contributed by atoms with E-state index in [4.69, 9.17) is 4.74 Å². The van der Waals surface area contributed by atoms with Crippen LogP contribution in [0.3, 0.4) is 0 Å². The fourth-order valence-corrected chi connectivity index (χ4v) is 2.56. The lowest BCUT2D eigenvalue weighted by Crippen LogP contribution is -1.96. The average Bonchev–Trinajstić information content (AvgIpc) is 2.80. The van der Waals surface area contributed by atoms with Gasteiger partial charge >= 0.3 is 0 Å². The molecule has 3 aromatic rings. The van der Waals surface area contributed by atoms with Gasteiger partial charge in [0, 0.05) is 35.8 Å². The highest BCUT2D eigenvalue weighted by Crippen LogP contribution is 2.35. The molecule has 0 radical (unpaired) electrons. The maximum atomic E-state index is 5.41. The first kappa shape index (κ1) is 12.6. The van der Waals surface area contributed by atoms with Crippen molar-refractivity contribution < 1.29 is 4.74 Å². The molecule has 2 heterocycles. The molecule has 0 N–H and O–H groups in total. The van der Waals surface area contributed by atoms with Gasteiger partial charge in [0.1, 0.15) is 17.6 Å². The number of nitrogens with zero attached hydrogens (tertiary/aromatic N) is 4. The number of fused-ring (bicyclic) bond motifs is 1. The molecule has 0 aliphatic carbocycles. The second-order valence-electron chi connectivity index (χ2n) is 4.80. The SMILES string of the molecule is COc1ccc(-c2c(C)ncnc2C)c2nn(C)cc12. The van der Waals surface area contributed by atoms with Gasteiger partial charge < -0.3 is 4.74 Å². The zero-order valence-corrected chi connectivity index (χ0v) is 12.0. The Balaban J connectivity index is 2.38. The number of benzene rings is 1. The summed E-state index contributed by atoms with van der Waals surface area (Å²) in [6.45, 7) is 3.98. The number of rotatable bonds is 2. The lowest BCUT2D eigenvalue weighted by molar-refractivity contribution is 0.420. The highest BCUT2D eigenvalue weighted by Gasteiger charge is 2.15. The summed E-state index contributed by atoms with van der Waals surface area (Å²) in [6.07, 6.45) is 3.55. The van der Waals surface area contributed by atoms with E-state index >= 15 is 0 Å². The van der Waals surface area contributed by atoms with Gasteiger partial charge in [-0.15, -0.1) is 0 Å². The van der Waals surface area contributed by atoms with Gasteiger partial charge in [-0.1, -0.05) is 0 Å². The van der Waals surface area contributed by atoms with E-state index in [2.05, 4.69) is 15.1 Å². The van der Waals surface area contributed by atoms with Gasteiger partial charge in [0.25, 0.3) is 0 Å². The van der Waals surface area contributed by atoms with E-state index in [9.17, 15) is 0 Å². The van der Waals surface area contributed by atoms with Gasteiger partial charge in [0.2, 0.25) is 0 Å². The van der Waals surface area contributed by atoms with E-state index in [1.165, 1.54) is 0 Å². The average molecular weight is 268 g/mol. The Kier molecular flexibility index (Phi) is 2.89. The minimum absolute atomic E-state index is 0.823. The van der Waals surface area contributed by atoms with Gasteiger partial charge in [-0.05, 0) is 26.0 Å². The standard InChI is InChI=1S/C15H16N4O/c1-9-14(10(2)17-8-16-9)11-5-6-13(20-4)12-7-19(3)18-15(11)12/h5-8H,1-4H3. The lowest BCUT2D eigenvalue weighted by Gasteiger charge is -2.10. The first-order chi connectivity index (χ1) is 9.61. The van der Waals surface area contributed by atoms with Crippen molar-refractivity contribution in [3.63, 3.8) is 0 Å². The molecule has 20 heavy (non-hydrogen) atoms. The van der Waals surface area contributed by atoms with Gasteiger partial charge in [0.15, 0.2) is 0 Å². The molecular weight excluding hydrogens is 252 g/mol. The summed E-state index contributed by atoms with van der Waals surface area (Å²) in [6, 6.07) is 3.98. The van der Waals surface area contributed by atoms with Crippen molar-refractivity contribution in [2.45, 2.75) is 13.8 Å². The Labute approximate surface area is 117 Å². The van der Waals surface area contributed by atoms with E-state index in [1.54, 1.807) is 18.1 Å². The third-order valence-corrected chi connectivity index (χ3v) is 3.47. The predicted molar refractivity (Wildman–Crippen MR) is 77.8 cm³/mol. The summed E-state index contributed by atoms with van der Waals surface area (Å²) >= 11 is 0. The molecule has 0 atom stereocenters. The number of ether oxygens (including phenoxy) is 1. The second-order valence-corrected chi connectivity index (χ2v) is 4.80. The Morgan fingerprint density at radius 3 is 2.45 bits per heavy atom. The van der Waals surface area contributed by atoms with Crippen molar-refractivity contribution in [3.8, 4) is 16.9 Å². The third-order valence-electron chi connectivity index (χ3n) is 3.47. The zero-order valence-electron chi connectivity index (χ0n) is 12.0. The molecule has 0 bridgehead atoms. The molecule has 3 rings (SSSR count).